The van der Waals surface area contributed by atoms with Crippen LogP contribution in [0.1, 0.15) is 41.1 Å². The van der Waals surface area contributed by atoms with Gasteiger partial charge in [-0.25, -0.2) is 4.98 Å². The van der Waals surface area contributed by atoms with E-state index in [1.54, 1.807) is 17.5 Å². The number of rotatable bonds is 7. The predicted molar refractivity (Wildman–Crippen MR) is 132 cm³/mol. The van der Waals surface area contributed by atoms with Crippen molar-refractivity contribution in [1.82, 2.24) is 20.4 Å². The van der Waals surface area contributed by atoms with Gasteiger partial charge < -0.3 is 14.4 Å². The van der Waals surface area contributed by atoms with E-state index in [0.717, 1.165) is 17.1 Å². The van der Waals surface area contributed by atoms with E-state index in [4.69, 9.17) is 9.72 Å². The lowest BCUT2D eigenvalue weighted by atomic mass is 9.80. The van der Waals surface area contributed by atoms with Crippen LogP contribution >= 0.6 is 11.3 Å². The molecule has 1 atom stereocenters. The fraction of sp³-hybridized carbons (Fsp3) is 0.346. The van der Waals surface area contributed by atoms with Crippen molar-refractivity contribution in [3.05, 3.63) is 75.9 Å². The summed E-state index contributed by atoms with van der Waals surface area (Å²) in [6.45, 7) is 1.21. The lowest BCUT2D eigenvalue weighted by molar-refractivity contribution is -0.159. The molecule has 0 bridgehead atoms. The molecule has 212 valence electrons. The summed E-state index contributed by atoms with van der Waals surface area (Å²) in [7, 11) is 0. The highest BCUT2D eigenvalue weighted by molar-refractivity contribution is 7.10. The van der Waals surface area contributed by atoms with Crippen LogP contribution in [0.5, 0.6) is 0 Å². The Morgan fingerprint density at radius 2 is 1.68 bits per heavy atom. The first-order valence-electron chi connectivity index (χ1n) is 12.1. The summed E-state index contributed by atoms with van der Waals surface area (Å²) in [5.41, 5.74) is 0.460. The second kappa shape index (κ2) is 10.9. The standard InChI is InChI=1S/C26H22F6N4O3S/c27-25(28,29)18-6-4-15(5-7-18)19-13-40-23(34-19)24(8-10-38-11-9-24)14-33-21(37)17-3-1-2-16(12-17)20-35-22(39-36-20)26(30,31)32/h1-7,12-13,21,33,37H,8-11,14H2. The summed E-state index contributed by atoms with van der Waals surface area (Å²) in [5, 5.41) is 19.9. The van der Waals surface area contributed by atoms with Crippen molar-refractivity contribution in [3.63, 3.8) is 0 Å². The van der Waals surface area contributed by atoms with E-state index in [-0.39, 0.29) is 11.4 Å². The van der Waals surface area contributed by atoms with Gasteiger partial charge in [-0.1, -0.05) is 35.5 Å². The molecule has 0 radical (unpaired) electrons. The Hall–Kier alpha value is -3.33. The van der Waals surface area contributed by atoms with Crippen LogP contribution in [0.3, 0.4) is 0 Å². The van der Waals surface area contributed by atoms with Crippen LogP contribution in [0, 0.1) is 0 Å². The number of aliphatic hydroxyl groups excluding tert-OH is 1. The van der Waals surface area contributed by atoms with Crippen molar-refractivity contribution >= 4 is 11.3 Å². The van der Waals surface area contributed by atoms with Gasteiger partial charge in [0.25, 0.3) is 0 Å². The molecule has 0 spiro atoms. The molecule has 0 aliphatic carbocycles. The highest BCUT2D eigenvalue weighted by atomic mass is 32.1. The number of hydrogen-bond acceptors (Lipinski definition) is 8. The first-order valence-corrected chi connectivity index (χ1v) is 13.0. The molecule has 1 saturated heterocycles. The molecule has 4 aromatic rings. The van der Waals surface area contributed by atoms with Gasteiger partial charge in [-0.15, -0.1) is 11.3 Å². The molecule has 5 rings (SSSR count). The third-order valence-electron chi connectivity index (χ3n) is 6.68. The van der Waals surface area contributed by atoms with Gasteiger partial charge >= 0.3 is 18.2 Å². The second-order valence-corrected chi connectivity index (χ2v) is 10.2. The average molecular weight is 585 g/mol. The average Bonchev–Trinajstić information content (AvgIpc) is 3.63. The Kier molecular flexibility index (Phi) is 7.70. The number of alkyl halides is 6. The van der Waals surface area contributed by atoms with Crippen LogP contribution in [0.2, 0.25) is 0 Å². The van der Waals surface area contributed by atoms with E-state index in [1.807, 2.05) is 0 Å². The summed E-state index contributed by atoms with van der Waals surface area (Å²) < 4.78 is 87.2. The van der Waals surface area contributed by atoms with Crippen molar-refractivity contribution in [2.24, 2.45) is 0 Å². The Morgan fingerprint density at radius 3 is 2.33 bits per heavy atom. The SMILES string of the molecule is OC(NCC1(c2nc(-c3ccc(C(F)(F)F)cc3)cs2)CCOCC1)c1cccc(-c2noc(C(F)(F)F)n2)c1. The molecular formula is C26H22F6N4O3S. The monoisotopic (exact) mass is 584 g/mol. The first-order chi connectivity index (χ1) is 18.9. The zero-order valence-electron chi connectivity index (χ0n) is 20.6. The third kappa shape index (κ3) is 6.04. The van der Waals surface area contributed by atoms with Gasteiger partial charge in [0, 0.05) is 41.7 Å². The van der Waals surface area contributed by atoms with Crippen LogP contribution in [-0.2, 0) is 22.5 Å². The van der Waals surface area contributed by atoms with E-state index in [2.05, 4.69) is 20.0 Å². The number of halogens is 6. The Labute approximate surface area is 227 Å². The maximum absolute atomic E-state index is 12.9. The smallest absolute Gasteiger partial charge is 0.381 e. The molecule has 3 heterocycles. The maximum atomic E-state index is 12.9. The van der Waals surface area contributed by atoms with Crippen LogP contribution in [0.25, 0.3) is 22.6 Å². The normalized spacial score (nSPS) is 16.7. The van der Waals surface area contributed by atoms with Crippen molar-refractivity contribution in [2.45, 2.75) is 36.8 Å². The summed E-state index contributed by atoms with van der Waals surface area (Å²) in [6.07, 6.45) is -9.19. The number of thiazole rings is 1. The molecule has 0 amide bonds. The molecule has 2 aromatic carbocycles. The molecule has 2 aromatic heterocycles. The van der Waals surface area contributed by atoms with Gasteiger partial charge in [-0.3, -0.25) is 5.32 Å². The van der Waals surface area contributed by atoms with Crippen molar-refractivity contribution < 1.29 is 40.7 Å². The number of benzene rings is 2. The topological polar surface area (TPSA) is 93.3 Å². The number of aromatic nitrogens is 3. The Morgan fingerprint density at radius 1 is 0.950 bits per heavy atom. The van der Waals surface area contributed by atoms with Crippen LogP contribution in [-0.4, -0.2) is 40.0 Å². The zero-order chi connectivity index (χ0) is 28.5. The summed E-state index contributed by atoms with van der Waals surface area (Å²) in [4.78, 5) is 8.12. The minimum absolute atomic E-state index is 0.236. The minimum atomic E-state index is -4.77. The molecule has 1 aliphatic heterocycles. The van der Waals surface area contributed by atoms with Gasteiger partial charge in [-0.05, 0) is 36.6 Å². The lowest BCUT2D eigenvalue weighted by Crippen LogP contribution is -2.43. The van der Waals surface area contributed by atoms with Crippen LogP contribution in [0.15, 0.2) is 58.4 Å². The van der Waals surface area contributed by atoms with E-state index >= 15 is 0 Å². The molecule has 2 N–H and O–H groups in total. The molecule has 14 heteroatoms. The fourth-order valence-corrected chi connectivity index (χ4v) is 5.51. The van der Waals surface area contributed by atoms with Gasteiger partial charge in [0.15, 0.2) is 0 Å². The molecule has 40 heavy (non-hydrogen) atoms. The predicted octanol–water partition coefficient (Wildman–Crippen LogP) is 6.23. The van der Waals surface area contributed by atoms with Crippen molar-refractivity contribution in [2.75, 3.05) is 19.8 Å². The molecule has 1 aliphatic rings. The Bertz CT molecular complexity index is 1450. The van der Waals surface area contributed by atoms with Gasteiger partial charge in [0.2, 0.25) is 5.82 Å². The second-order valence-electron chi connectivity index (χ2n) is 9.34. The largest absolute Gasteiger partial charge is 0.471 e. The van der Waals surface area contributed by atoms with Gasteiger partial charge in [-0.2, -0.15) is 31.3 Å². The van der Waals surface area contributed by atoms with E-state index in [1.165, 1.54) is 35.6 Å². The van der Waals surface area contributed by atoms with Crippen molar-refractivity contribution in [3.8, 4) is 22.6 Å². The maximum Gasteiger partial charge on any atom is 0.471 e. The number of hydrogen-bond donors (Lipinski definition) is 2. The molecule has 1 fully saturated rings. The van der Waals surface area contributed by atoms with Crippen molar-refractivity contribution in [1.29, 1.82) is 0 Å². The molecule has 7 nitrogen and oxygen atoms in total. The van der Waals surface area contributed by atoms with Crippen LogP contribution < -0.4 is 5.32 Å². The van der Waals surface area contributed by atoms with E-state index in [9.17, 15) is 31.4 Å². The number of nitrogens with one attached hydrogen (secondary N) is 1. The fourth-order valence-electron chi connectivity index (χ4n) is 4.42. The molecule has 1 unspecified atom stereocenters. The Balaban J connectivity index is 1.32. The number of aliphatic hydroxyl groups is 1. The summed E-state index contributed by atoms with van der Waals surface area (Å²) >= 11 is 1.38. The zero-order valence-corrected chi connectivity index (χ0v) is 21.4. The van der Waals surface area contributed by atoms with Gasteiger partial charge in [0.1, 0.15) is 11.2 Å². The van der Waals surface area contributed by atoms with E-state index in [0.29, 0.717) is 49.4 Å². The van der Waals surface area contributed by atoms with E-state index < -0.39 is 35.4 Å². The summed E-state index contributed by atoms with van der Waals surface area (Å²) in [5.74, 6) is -1.73. The highest BCUT2D eigenvalue weighted by Crippen LogP contribution is 2.39. The third-order valence-corrected chi connectivity index (χ3v) is 7.77. The molecular weight excluding hydrogens is 562 g/mol. The molecule has 0 saturated carbocycles. The van der Waals surface area contributed by atoms with Crippen LogP contribution in [0.4, 0.5) is 26.3 Å². The minimum Gasteiger partial charge on any atom is -0.381 e. The first kappa shape index (κ1) is 28.2. The highest BCUT2D eigenvalue weighted by Gasteiger charge is 2.39. The summed E-state index contributed by atoms with van der Waals surface area (Å²) in [6, 6.07) is 10.9. The number of ether oxygens (including phenoxy) is 1. The van der Waals surface area contributed by atoms with Gasteiger partial charge in [0.05, 0.1) is 11.3 Å². The number of nitrogens with zero attached hydrogens (tertiary/aromatic N) is 3. The quantitative estimate of drug-likeness (QED) is 0.197. The lowest BCUT2D eigenvalue weighted by Gasteiger charge is -2.36.